The summed E-state index contributed by atoms with van der Waals surface area (Å²) in [7, 11) is 0.104. The Morgan fingerprint density at radius 2 is 1.50 bits per heavy atom. The molecule has 0 saturated carbocycles. The summed E-state index contributed by atoms with van der Waals surface area (Å²) in [6.45, 7) is 4.54. The van der Waals surface area contributed by atoms with Gasteiger partial charge in [-0.15, -0.1) is 0 Å². The minimum Gasteiger partial charge on any atom is -0.0817 e. The van der Waals surface area contributed by atoms with E-state index >= 15 is 0 Å². The molecule has 0 bridgehead atoms. The van der Waals surface area contributed by atoms with Gasteiger partial charge in [0.15, 0.2) is 0 Å². The van der Waals surface area contributed by atoms with Crippen molar-refractivity contribution >= 4 is 13.2 Å². The zero-order valence-corrected chi connectivity index (χ0v) is 9.32. The summed E-state index contributed by atoms with van der Waals surface area (Å²) in [6, 6.07) is 10.6. The zero-order valence-electron chi connectivity index (χ0n) is 6.15. The first-order valence-electron chi connectivity index (χ1n) is 3.03. The molecule has 0 nitrogen and oxygen atoms in total. The molecule has 0 amide bonds. The molecule has 0 heterocycles. The van der Waals surface area contributed by atoms with Gasteiger partial charge in [-0.05, 0) is 18.6 Å². The third-order valence-corrected chi connectivity index (χ3v) is 2.60. The van der Waals surface area contributed by atoms with Crippen molar-refractivity contribution in [2.45, 2.75) is 0 Å². The number of hydrogen-bond donors (Lipinski definition) is 0. The van der Waals surface area contributed by atoms with Crippen LogP contribution in [-0.4, -0.2) is 13.3 Å². The van der Waals surface area contributed by atoms with E-state index in [-0.39, 0.29) is 29.0 Å². The first-order valence-corrected chi connectivity index (χ1v) is 5.26. The second-order valence-electron chi connectivity index (χ2n) is 2.23. The van der Waals surface area contributed by atoms with Crippen LogP contribution in [0.25, 0.3) is 0 Å². The summed E-state index contributed by atoms with van der Waals surface area (Å²) < 4.78 is 0. The summed E-state index contributed by atoms with van der Waals surface area (Å²) >= 11 is 0. The van der Waals surface area contributed by atoms with Crippen molar-refractivity contribution < 1.29 is 21.1 Å². The molecule has 1 rings (SSSR count). The minimum absolute atomic E-state index is 0. The van der Waals surface area contributed by atoms with E-state index in [0.29, 0.717) is 0 Å². The fraction of sp³-hybridized carbons (Fsp3) is 0.250. The van der Waals surface area contributed by atoms with Crippen LogP contribution in [0.3, 0.4) is 0 Å². The number of hydrogen-bond acceptors (Lipinski definition) is 0. The Balaban J connectivity index is 0.000000810. The Bertz CT molecular complexity index is 172. The van der Waals surface area contributed by atoms with Crippen LogP contribution in [0, 0.1) is 0 Å². The normalized spacial score (nSPS) is 9.10. The molecule has 0 radical (unpaired) electrons. The van der Waals surface area contributed by atoms with E-state index in [1.807, 2.05) is 0 Å². The molecule has 0 unspecified atom stereocenters. The molecule has 0 aliphatic heterocycles. The maximum Gasteiger partial charge on any atom is 0 e. The van der Waals surface area contributed by atoms with Gasteiger partial charge in [0.25, 0.3) is 0 Å². The molecule has 10 heavy (non-hydrogen) atoms. The minimum atomic E-state index is 0. The molecular formula is C8H11PPt. The van der Waals surface area contributed by atoms with Crippen molar-refractivity contribution in [2.75, 3.05) is 13.3 Å². The molecule has 1 aromatic rings. The van der Waals surface area contributed by atoms with E-state index in [1.165, 1.54) is 5.30 Å². The van der Waals surface area contributed by atoms with Gasteiger partial charge in [-0.1, -0.05) is 38.3 Å². The van der Waals surface area contributed by atoms with Crippen molar-refractivity contribution in [2.24, 2.45) is 0 Å². The Hall–Kier alpha value is 0.338. The molecule has 0 aromatic heterocycles. The second kappa shape index (κ2) is 5.05. The van der Waals surface area contributed by atoms with Crippen LogP contribution in [0.15, 0.2) is 30.3 Å². The predicted octanol–water partition coefficient (Wildman–Crippen LogP) is 2.05. The van der Waals surface area contributed by atoms with E-state index in [4.69, 9.17) is 0 Å². The van der Waals surface area contributed by atoms with Crippen molar-refractivity contribution in [1.29, 1.82) is 0 Å². The summed E-state index contributed by atoms with van der Waals surface area (Å²) in [5.41, 5.74) is 0. The van der Waals surface area contributed by atoms with Crippen molar-refractivity contribution in [3.63, 3.8) is 0 Å². The van der Waals surface area contributed by atoms with E-state index in [9.17, 15) is 0 Å². The molecule has 0 saturated heterocycles. The van der Waals surface area contributed by atoms with Crippen LogP contribution in [-0.2, 0) is 21.1 Å². The zero-order chi connectivity index (χ0) is 6.69. The van der Waals surface area contributed by atoms with Crippen molar-refractivity contribution in [3.05, 3.63) is 30.3 Å². The van der Waals surface area contributed by atoms with Gasteiger partial charge in [0.05, 0.1) is 0 Å². The Morgan fingerprint density at radius 1 is 1.00 bits per heavy atom. The molecule has 58 valence electrons. The van der Waals surface area contributed by atoms with E-state index < -0.39 is 0 Å². The molecule has 0 spiro atoms. The molecular weight excluding hydrogens is 322 g/mol. The Kier molecular flexibility index (Phi) is 5.22. The van der Waals surface area contributed by atoms with Crippen LogP contribution >= 0.6 is 7.92 Å². The first-order chi connectivity index (χ1) is 4.30. The van der Waals surface area contributed by atoms with Crippen molar-refractivity contribution in [3.8, 4) is 0 Å². The Labute approximate surface area is 78.0 Å². The fourth-order valence-electron chi connectivity index (χ4n) is 0.726. The maximum atomic E-state index is 2.27. The predicted molar refractivity (Wildman–Crippen MR) is 44.8 cm³/mol. The van der Waals surface area contributed by atoms with Gasteiger partial charge in [0.2, 0.25) is 0 Å². The molecule has 0 N–H and O–H groups in total. The fourth-order valence-corrected chi connectivity index (χ4v) is 1.49. The topological polar surface area (TPSA) is 0 Å². The SMILES string of the molecule is CP(C)c1ccccc1.[Pt]. The molecule has 2 heteroatoms. The standard InChI is InChI=1S/C8H11P.Pt/c1-9(2)8-6-4-3-5-7-8;/h3-7H,1-2H3;. The van der Waals surface area contributed by atoms with E-state index in [1.54, 1.807) is 0 Å². The van der Waals surface area contributed by atoms with Gasteiger partial charge in [-0.25, -0.2) is 0 Å². The van der Waals surface area contributed by atoms with Crippen LogP contribution in [0.2, 0.25) is 0 Å². The number of benzene rings is 1. The van der Waals surface area contributed by atoms with Crippen molar-refractivity contribution in [1.82, 2.24) is 0 Å². The average Bonchev–Trinajstić information content (AvgIpc) is 1.90. The quantitative estimate of drug-likeness (QED) is 0.690. The van der Waals surface area contributed by atoms with Gasteiger partial charge >= 0.3 is 0 Å². The molecule has 0 aliphatic carbocycles. The van der Waals surface area contributed by atoms with Crippen LogP contribution in [0.5, 0.6) is 0 Å². The molecule has 1 aromatic carbocycles. The van der Waals surface area contributed by atoms with Crippen LogP contribution in [0.4, 0.5) is 0 Å². The third-order valence-electron chi connectivity index (χ3n) is 1.27. The van der Waals surface area contributed by atoms with Gasteiger partial charge in [-0.2, -0.15) is 0 Å². The molecule has 0 fully saturated rings. The summed E-state index contributed by atoms with van der Waals surface area (Å²) in [5.74, 6) is 0. The summed E-state index contributed by atoms with van der Waals surface area (Å²) in [4.78, 5) is 0. The maximum absolute atomic E-state index is 2.27. The van der Waals surface area contributed by atoms with E-state index in [0.717, 1.165) is 0 Å². The summed E-state index contributed by atoms with van der Waals surface area (Å²) in [5, 5.41) is 1.48. The van der Waals surface area contributed by atoms with E-state index in [2.05, 4.69) is 43.7 Å². The molecule has 0 atom stereocenters. The largest absolute Gasteiger partial charge is 0.0817 e. The van der Waals surface area contributed by atoms with Crippen LogP contribution < -0.4 is 5.30 Å². The average molecular weight is 333 g/mol. The third kappa shape index (κ3) is 2.95. The summed E-state index contributed by atoms with van der Waals surface area (Å²) in [6.07, 6.45) is 0. The molecule has 0 aliphatic rings. The van der Waals surface area contributed by atoms with Gasteiger partial charge < -0.3 is 0 Å². The van der Waals surface area contributed by atoms with Crippen LogP contribution in [0.1, 0.15) is 0 Å². The monoisotopic (exact) mass is 333 g/mol. The Morgan fingerprint density at radius 3 is 1.80 bits per heavy atom. The number of rotatable bonds is 1. The van der Waals surface area contributed by atoms with Gasteiger partial charge in [-0.3, -0.25) is 0 Å². The van der Waals surface area contributed by atoms with Gasteiger partial charge in [0.1, 0.15) is 0 Å². The second-order valence-corrected chi connectivity index (χ2v) is 4.54. The van der Waals surface area contributed by atoms with Gasteiger partial charge in [0, 0.05) is 21.1 Å². The smallest absolute Gasteiger partial charge is 0 e. The first kappa shape index (κ1) is 10.3.